The Hall–Kier alpha value is -1.52. The van der Waals surface area contributed by atoms with Crippen molar-refractivity contribution in [2.75, 3.05) is 0 Å². The van der Waals surface area contributed by atoms with Crippen molar-refractivity contribution in [3.8, 4) is 5.88 Å². The molecule has 0 bridgehead atoms. The van der Waals surface area contributed by atoms with Gasteiger partial charge in [-0.2, -0.15) is 0 Å². The molecule has 19 heavy (non-hydrogen) atoms. The zero-order chi connectivity index (χ0) is 14.0. The van der Waals surface area contributed by atoms with E-state index in [0.29, 0.717) is 12.5 Å². The third-order valence-electron chi connectivity index (χ3n) is 4.38. The van der Waals surface area contributed by atoms with Crippen LogP contribution in [-0.4, -0.2) is 14.7 Å². The molecule has 1 aromatic heterocycles. The largest absolute Gasteiger partial charge is 0.494 e. The van der Waals surface area contributed by atoms with Gasteiger partial charge in [-0.1, -0.05) is 26.2 Å². The molecule has 2 rings (SSSR count). The topological polar surface area (TPSA) is 75.1 Å². The fraction of sp³-hybridized carbons (Fsp3) is 0.714. The Kier molecular flexibility index (Phi) is 4.12. The summed E-state index contributed by atoms with van der Waals surface area (Å²) in [6.07, 6.45) is 5.78. The van der Waals surface area contributed by atoms with Gasteiger partial charge in [0.2, 0.25) is 5.88 Å². The lowest BCUT2D eigenvalue weighted by Gasteiger charge is -2.28. The van der Waals surface area contributed by atoms with E-state index in [1.807, 2.05) is 0 Å². The molecule has 0 atom stereocenters. The maximum atomic E-state index is 11.8. The van der Waals surface area contributed by atoms with Crippen LogP contribution >= 0.6 is 0 Å². The molecule has 1 aliphatic carbocycles. The Morgan fingerprint density at radius 3 is 2.37 bits per heavy atom. The van der Waals surface area contributed by atoms with Crippen molar-refractivity contribution in [1.82, 2.24) is 9.55 Å². The zero-order valence-corrected chi connectivity index (χ0v) is 11.6. The third kappa shape index (κ3) is 2.91. The Balaban J connectivity index is 2.15. The number of hydrogen-bond donors (Lipinski definition) is 2. The molecule has 0 aromatic carbocycles. The number of aromatic nitrogens is 2. The fourth-order valence-corrected chi connectivity index (χ4v) is 2.91. The van der Waals surface area contributed by atoms with Crippen molar-refractivity contribution in [1.29, 1.82) is 0 Å². The lowest BCUT2D eigenvalue weighted by Crippen LogP contribution is -2.33. The molecule has 0 spiro atoms. The summed E-state index contributed by atoms with van der Waals surface area (Å²) in [6, 6.07) is 0. The summed E-state index contributed by atoms with van der Waals surface area (Å²) in [5, 5.41) is 9.93. The van der Waals surface area contributed by atoms with Crippen LogP contribution in [0.4, 0.5) is 0 Å². The van der Waals surface area contributed by atoms with Crippen LogP contribution in [-0.2, 0) is 6.54 Å². The quantitative estimate of drug-likeness (QED) is 0.875. The van der Waals surface area contributed by atoms with Gasteiger partial charge >= 0.3 is 5.69 Å². The van der Waals surface area contributed by atoms with E-state index in [0.717, 1.165) is 18.8 Å². The first-order valence-electron chi connectivity index (χ1n) is 7.05. The summed E-state index contributed by atoms with van der Waals surface area (Å²) < 4.78 is 1.30. The second-order valence-electron chi connectivity index (χ2n) is 5.61. The maximum Gasteiger partial charge on any atom is 0.331 e. The molecular formula is C14H22N2O3. The van der Waals surface area contributed by atoms with Gasteiger partial charge in [-0.15, -0.1) is 0 Å². The zero-order valence-electron chi connectivity index (χ0n) is 11.6. The van der Waals surface area contributed by atoms with Crippen LogP contribution in [0.25, 0.3) is 0 Å². The lowest BCUT2D eigenvalue weighted by molar-refractivity contribution is 0.236. The van der Waals surface area contributed by atoms with Gasteiger partial charge in [0.15, 0.2) is 0 Å². The predicted molar refractivity (Wildman–Crippen MR) is 73.5 cm³/mol. The molecule has 0 amide bonds. The van der Waals surface area contributed by atoms with Crippen LogP contribution in [0.2, 0.25) is 0 Å². The minimum Gasteiger partial charge on any atom is -0.494 e. The summed E-state index contributed by atoms with van der Waals surface area (Å²) in [6.45, 7) is 4.24. The molecule has 1 aliphatic rings. The maximum absolute atomic E-state index is 11.8. The summed E-state index contributed by atoms with van der Waals surface area (Å²) in [4.78, 5) is 25.4. The van der Waals surface area contributed by atoms with Crippen LogP contribution in [0.15, 0.2) is 9.59 Å². The van der Waals surface area contributed by atoms with Crippen molar-refractivity contribution in [3.05, 3.63) is 26.4 Å². The summed E-state index contributed by atoms with van der Waals surface area (Å²) >= 11 is 0. The molecule has 5 heteroatoms. The second kappa shape index (κ2) is 5.63. The minimum absolute atomic E-state index is 0.189. The van der Waals surface area contributed by atoms with Gasteiger partial charge in [0.25, 0.3) is 5.56 Å². The van der Waals surface area contributed by atoms with Gasteiger partial charge in [-0.3, -0.25) is 14.3 Å². The van der Waals surface area contributed by atoms with E-state index in [4.69, 9.17) is 0 Å². The fourth-order valence-electron chi connectivity index (χ4n) is 2.91. The highest BCUT2D eigenvalue weighted by Crippen LogP contribution is 2.31. The normalized spacial score (nSPS) is 23.5. The van der Waals surface area contributed by atoms with Gasteiger partial charge in [0.05, 0.1) is 5.56 Å². The number of aromatic hydroxyl groups is 1. The van der Waals surface area contributed by atoms with E-state index in [1.165, 1.54) is 30.8 Å². The average molecular weight is 266 g/mol. The van der Waals surface area contributed by atoms with Crippen LogP contribution in [0.1, 0.15) is 44.6 Å². The van der Waals surface area contributed by atoms with Crippen molar-refractivity contribution in [2.24, 2.45) is 11.8 Å². The molecule has 2 N–H and O–H groups in total. The number of H-pyrrole nitrogens is 1. The average Bonchev–Trinajstić information content (AvgIpc) is 2.42. The molecule has 1 saturated carbocycles. The Morgan fingerprint density at radius 2 is 1.79 bits per heavy atom. The SMILES string of the molecule is CCC1CCC(Cn2c(O)c(C)c(=O)[nH]c2=O)CC1. The second-order valence-corrected chi connectivity index (χ2v) is 5.61. The van der Waals surface area contributed by atoms with Gasteiger partial charge in [-0.25, -0.2) is 4.79 Å². The number of nitrogens with zero attached hydrogens (tertiary/aromatic N) is 1. The molecule has 1 fully saturated rings. The Morgan fingerprint density at radius 1 is 1.21 bits per heavy atom. The van der Waals surface area contributed by atoms with Gasteiger partial charge < -0.3 is 5.11 Å². The number of hydrogen-bond acceptors (Lipinski definition) is 3. The first kappa shape index (κ1) is 13.9. The summed E-state index contributed by atoms with van der Waals surface area (Å²) in [5.41, 5.74) is -0.805. The molecule has 0 radical (unpaired) electrons. The van der Waals surface area contributed by atoms with Crippen molar-refractivity contribution in [2.45, 2.75) is 52.5 Å². The Labute approximate surface area is 112 Å². The highest BCUT2D eigenvalue weighted by molar-refractivity contribution is 5.20. The van der Waals surface area contributed by atoms with E-state index in [2.05, 4.69) is 11.9 Å². The molecule has 0 saturated heterocycles. The van der Waals surface area contributed by atoms with E-state index in [9.17, 15) is 14.7 Å². The van der Waals surface area contributed by atoms with E-state index >= 15 is 0 Å². The van der Waals surface area contributed by atoms with Gasteiger partial charge in [0.1, 0.15) is 0 Å². The monoisotopic (exact) mass is 266 g/mol. The van der Waals surface area contributed by atoms with E-state index in [1.54, 1.807) is 0 Å². The molecule has 0 unspecified atom stereocenters. The first-order valence-corrected chi connectivity index (χ1v) is 7.05. The molecule has 5 nitrogen and oxygen atoms in total. The molecule has 0 aliphatic heterocycles. The predicted octanol–water partition coefficient (Wildman–Crippen LogP) is 1.77. The lowest BCUT2D eigenvalue weighted by atomic mass is 9.81. The highest BCUT2D eigenvalue weighted by Gasteiger charge is 2.22. The van der Waals surface area contributed by atoms with Gasteiger partial charge in [0, 0.05) is 6.54 Å². The highest BCUT2D eigenvalue weighted by atomic mass is 16.3. The molecule has 1 aromatic rings. The van der Waals surface area contributed by atoms with Crippen LogP contribution in [0.3, 0.4) is 0 Å². The van der Waals surface area contributed by atoms with Crippen LogP contribution in [0, 0.1) is 18.8 Å². The van der Waals surface area contributed by atoms with Crippen molar-refractivity contribution >= 4 is 0 Å². The standard InChI is InChI=1S/C14H22N2O3/c1-3-10-4-6-11(7-5-10)8-16-13(18)9(2)12(17)15-14(16)19/h10-11,18H,3-8H2,1-2H3,(H,15,17,19). The van der Waals surface area contributed by atoms with Crippen molar-refractivity contribution < 1.29 is 5.11 Å². The van der Waals surface area contributed by atoms with E-state index in [-0.39, 0.29) is 11.4 Å². The minimum atomic E-state index is -0.509. The third-order valence-corrected chi connectivity index (χ3v) is 4.38. The first-order chi connectivity index (χ1) is 9.02. The smallest absolute Gasteiger partial charge is 0.331 e. The van der Waals surface area contributed by atoms with Crippen molar-refractivity contribution in [3.63, 3.8) is 0 Å². The molecule has 106 valence electrons. The number of nitrogens with one attached hydrogen (secondary N) is 1. The van der Waals surface area contributed by atoms with Gasteiger partial charge in [-0.05, 0) is 31.6 Å². The molecule has 1 heterocycles. The summed E-state index contributed by atoms with van der Waals surface area (Å²) in [5.74, 6) is 1.03. The van der Waals surface area contributed by atoms with Crippen LogP contribution < -0.4 is 11.2 Å². The van der Waals surface area contributed by atoms with Crippen LogP contribution in [0.5, 0.6) is 5.88 Å². The number of aromatic amines is 1. The number of rotatable bonds is 3. The van der Waals surface area contributed by atoms with E-state index < -0.39 is 11.2 Å². The summed E-state index contributed by atoms with van der Waals surface area (Å²) in [7, 11) is 0. The molecular weight excluding hydrogens is 244 g/mol. The Bertz CT molecular complexity index is 551.